The zero-order valence-corrected chi connectivity index (χ0v) is 23.9. The van der Waals surface area contributed by atoms with E-state index in [0.717, 1.165) is 24.6 Å². The minimum Gasteiger partial charge on any atom is -0.412 e. The molecule has 0 radical (unpaired) electrons. The Labute approximate surface area is 208 Å². The Morgan fingerprint density at radius 2 is 1.35 bits per heavy atom. The molecule has 34 heavy (non-hydrogen) atoms. The SMILES string of the molecule is CC[Si](CC)(CC)O[C@H](CO[Si](c1ccccc1)(c1ccccc1)C(C)(C)C)C[C@H]1O[C@H]1CO. The largest absolute Gasteiger partial charge is 0.412 e. The van der Waals surface area contributed by atoms with Gasteiger partial charge in [-0.2, -0.15) is 0 Å². The second-order valence-electron chi connectivity index (χ2n) is 10.6. The molecule has 1 heterocycles. The third-order valence-electron chi connectivity index (χ3n) is 7.62. The first kappa shape index (κ1) is 27.3. The normalized spacial score (nSPS) is 19.7. The standard InChI is InChI=1S/C28H44O4Si2/c1-7-33(8-2,9-3)32-23(20-26-27(21-29)31-26)22-30-34(28(4,5)6,24-16-12-10-13-17-24)25-18-14-11-15-19-25/h10-19,23,26-27,29H,7-9,20-22H2,1-6H3/t23-,26+,27-/m0/s1. The molecule has 1 saturated heterocycles. The molecule has 2 aromatic rings. The van der Waals surface area contributed by atoms with Gasteiger partial charge in [0.15, 0.2) is 8.32 Å². The molecular weight excluding hydrogens is 456 g/mol. The van der Waals surface area contributed by atoms with E-state index in [4.69, 9.17) is 13.6 Å². The summed E-state index contributed by atoms with van der Waals surface area (Å²) in [5.74, 6) is 0. The lowest BCUT2D eigenvalue weighted by Gasteiger charge is -2.44. The van der Waals surface area contributed by atoms with Crippen LogP contribution in [0.3, 0.4) is 0 Å². The van der Waals surface area contributed by atoms with E-state index in [1.807, 2.05) is 0 Å². The molecule has 6 heteroatoms. The zero-order chi connectivity index (χ0) is 24.8. The Bertz CT molecular complexity index is 817. The average molecular weight is 501 g/mol. The van der Waals surface area contributed by atoms with Crippen molar-refractivity contribution in [2.45, 2.75) is 89.4 Å². The van der Waals surface area contributed by atoms with Gasteiger partial charge in [0.1, 0.15) is 6.10 Å². The van der Waals surface area contributed by atoms with Gasteiger partial charge in [-0.15, -0.1) is 0 Å². The Morgan fingerprint density at radius 3 is 1.74 bits per heavy atom. The Morgan fingerprint density at radius 1 is 0.853 bits per heavy atom. The highest BCUT2D eigenvalue weighted by Gasteiger charge is 2.51. The molecule has 0 unspecified atom stereocenters. The lowest BCUT2D eigenvalue weighted by Crippen LogP contribution is -2.67. The molecule has 2 aromatic carbocycles. The highest BCUT2D eigenvalue weighted by Crippen LogP contribution is 2.38. The van der Waals surface area contributed by atoms with Gasteiger partial charge in [-0.25, -0.2) is 0 Å². The van der Waals surface area contributed by atoms with Gasteiger partial charge in [0.25, 0.3) is 8.32 Å². The second kappa shape index (κ2) is 11.6. The summed E-state index contributed by atoms with van der Waals surface area (Å²) in [4.78, 5) is 0. The van der Waals surface area contributed by atoms with Crippen molar-refractivity contribution in [3.63, 3.8) is 0 Å². The molecule has 1 N–H and O–H groups in total. The van der Waals surface area contributed by atoms with E-state index in [-0.39, 0.29) is 30.0 Å². The lowest BCUT2D eigenvalue weighted by atomic mass is 10.2. The first-order chi connectivity index (χ1) is 16.2. The minimum atomic E-state index is -2.63. The van der Waals surface area contributed by atoms with Crippen LogP contribution in [0.5, 0.6) is 0 Å². The fraction of sp³-hybridized carbons (Fsp3) is 0.571. The van der Waals surface area contributed by atoms with Crippen molar-refractivity contribution in [2.75, 3.05) is 13.2 Å². The summed E-state index contributed by atoms with van der Waals surface area (Å²) in [6.45, 7) is 14.3. The minimum absolute atomic E-state index is 0.0327. The third kappa shape index (κ3) is 5.91. The monoisotopic (exact) mass is 500 g/mol. The van der Waals surface area contributed by atoms with Crippen LogP contribution in [-0.2, 0) is 13.6 Å². The van der Waals surface area contributed by atoms with Gasteiger partial charge in [0, 0.05) is 6.42 Å². The maximum atomic E-state index is 9.54. The maximum Gasteiger partial charge on any atom is 0.261 e. The third-order valence-corrected chi connectivity index (χ3v) is 17.3. The number of benzene rings is 2. The van der Waals surface area contributed by atoms with E-state index in [1.54, 1.807) is 0 Å². The van der Waals surface area contributed by atoms with Gasteiger partial charge in [0.05, 0.1) is 25.4 Å². The van der Waals surface area contributed by atoms with Crippen molar-refractivity contribution >= 4 is 27.0 Å². The van der Waals surface area contributed by atoms with E-state index >= 15 is 0 Å². The van der Waals surface area contributed by atoms with Crippen LogP contribution in [0.25, 0.3) is 0 Å². The molecule has 0 aliphatic carbocycles. The van der Waals surface area contributed by atoms with Crippen LogP contribution in [0.2, 0.25) is 23.2 Å². The summed E-state index contributed by atoms with van der Waals surface area (Å²) in [6.07, 6.45) is 0.752. The van der Waals surface area contributed by atoms with Crippen LogP contribution in [0, 0.1) is 0 Å². The van der Waals surface area contributed by atoms with Crippen molar-refractivity contribution in [3.05, 3.63) is 60.7 Å². The molecule has 3 rings (SSSR count). The van der Waals surface area contributed by atoms with Gasteiger partial charge in [-0.3, -0.25) is 0 Å². The van der Waals surface area contributed by atoms with Crippen molar-refractivity contribution in [3.8, 4) is 0 Å². The number of aliphatic hydroxyl groups excluding tert-OH is 1. The fourth-order valence-electron chi connectivity index (χ4n) is 5.29. The first-order valence-corrected chi connectivity index (χ1v) is 17.4. The van der Waals surface area contributed by atoms with Crippen molar-refractivity contribution in [1.82, 2.24) is 0 Å². The van der Waals surface area contributed by atoms with Crippen molar-refractivity contribution in [1.29, 1.82) is 0 Å². The first-order valence-electron chi connectivity index (χ1n) is 12.9. The van der Waals surface area contributed by atoms with Crippen molar-refractivity contribution in [2.24, 2.45) is 0 Å². The average Bonchev–Trinajstić information content (AvgIpc) is 3.61. The molecule has 1 aliphatic rings. The van der Waals surface area contributed by atoms with Gasteiger partial charge in [-0.05, 0) is 33.5 Å². The Kier molecular flexibility index (Phi) is 9.34. The highest BCUT2D eigenvalue weighted by atomic mass is 28.4. The maximum absolute atomic E-state index is 9.54. The van der Waals surface area contributed by atoms with E-state index in [0.29, 0.717) is 6.61 Å². The summed E-state index contributed by atoms with van der Waals surface area (Å²) in [5.41, 5.74) is 0. The molecule has 0 bridgehead atoms. The van der Waals surface area contributed by atoms with Gasteiger partial charge < -0.3 is 18.7 Å². The van der Waals surface area contributed by atoms with Crippen LogP contribution < -0.4 is 10.4 Å². The summed E-state index contributed by atoms with van der Waals surface area (Å²) >= 11 is 0. The van der Waals surface area contributed by atoms with E-state index < -0.39 is 16.6 Å². The van der Waals surface area contributed by atoms with E-state index in [2.05, 4.69) is 102 Å². The molecule has 0 aromatic heterocycles. The molecular formula is C28H44O4Si2. The lowest BCUT2D eigenvalue weighted by molar-refractivity contribution is 0.0982. The molecule has 0 saturated carbocycles. The fourth-order valence-corrected chi connectivity index (χ4v) is 12.8. The van der Waals surface area contributed by atoms with Crippen LogP contribution >= 0.6 is 0 Å². The van der Waals surface area contributed by atoms with E-state index in [1.165, 1.54) is 10.4 Å². The van der Waals surface area contributed by atoms with E-state index in [9.17, 15) is 5.11 Å². The van der Waals surface area contributed by atoms with Gasteiger partial charge in [-0.1, -0.05) is 102 Å². The molecule has 3 atom stereocenters. The number of rotatable bonds is 13. The number of hydrogen-bond donors (Lipinski definition) is 1. The molecule has 1 fully saturated rings. The molecule has 0 spiro atoms. The number of epoxide rings is 1. The predicted octanol–water partition coefficient (Wildman–Crippen LogP) is 5.10. The smallest absolute Gasteiger partial charge is 0.261 e. The predicted molar refractivity (Wildman–Crippen MR) is 146 cm³/mol. The van der Waals surface area contributed by atoms with Crippen molar-refractivity contribution < 1.29 is 18.7 Å². The summed E-state index contributed by atoms with van der Waals surface area (Å²) in [6, 6.07) is 24.9. The second-order valence-corrected chi connectivity index (χ2v) is 19.6. The Hall–Kier alpha value is -1.29. The van der Waals surface area contributed by atoms with Crippen LogP contribution in [0.4, 0.5) is 0 Å². The molecule has 0 amide bonds. The molecule has 1 aliphatic heterocycles. The van der Waals surface area contributed by atoms with Gasteiger partial charge in [0.2, 0.25) is 0 Å². The quantitative estimate of drug-likeness (QED) is 0.307. The highest BCUT2D eigenvalue weighted by molar-refractivity contribution is 6.99. The van der Waals surface area contributed by atoms with Crippen LogP contribution in [-0.4, -0.2) is 53.3 Å². The summed E-state index contributed by atoms with van der Waals surface area (Å²) in [7, 11) is -4.46. The summed E-state index contributed by atoms with van der Waals surface area (Å²) in [5, 5.41) is 12.0. The number of ether oxygens (including phenoxy) is 1. The number of hydrogen-bond acceptors (Lipinski definition) is 4. The number of aliphatic hydroxyl groups is 1. The molecule has 188 valence electrons. The van der Waals surface area contributed by atoms with Crippen LogP contribution in [0.1, 0.15) is 48.0 Å². The van der Waals surface area contributed by atoms with Crippen LogP contribution in [0.15, 0.2) is 60.7 Å². The molecule has 4 nitrogen and oxygen atoms in total. The zero-order valence-electron chi connectivity index (χ0n) is 21.9. The summed E-state index contributed by atoms with van der Waals surface area (Å²) < 4.78 is 19.9. The topological polar surface area (TPSA) is 51.2 Å². The Balaban J connectivity index is 1.97. The van der Waals surface area contributed by atoms with Gasteiger partial charge >= 0.3 is 0 Å².